The van der Waals surface area contributed by atoms with E-state index in [-0.39, 0.29) is 172 Å². The van der Waals surface area contributed by atoms with Crippen LogP contribution >= 0.6 is 0 Å². The molecule has 22 heteroatoms. The van der Waals surface area contributed by atoms with E-state index in [1.165, 1.54) is 93.6 Å². The number of hydrogen-bond donors (Lipinski definition) is 2. The quantitative estimate of drug-likeness (QED) is 0.0514. The van der Waals surface area contributed by atoms with E-state index in [0.717, 1.165) is 117 Å². The number of rotatable bonds is 12. The van der Waals surface area contributed by atoms with Gasteiger partial charge in [0.15, 0.2) is 11.6 Å². The van der Waals surface area contributed by atoms with Crippen molar-refractivity contribution in [1.82, 2.24) is 29.9 Å². The van der Waals surface area contributed by atoms with Gasteiger partial charge in [-0.05, 0) is 170 Å². The van der Waals surface area contributed by atoms with Crippen molar-refractivity contribution in [2.24, 2.45) is 10.8 Å². The van der Waals surface area contributed by atoms with Crippen LogP contribution in [-0.4, -0.2) is 65.4 Å². The van der Waals surface area contributed by atoms with Gasteiger partial charge in [-0.1, -0.05) is 279 Å². The fourth-order valence-corrected chi connectivity index (χ4v) is 14.4. The first kappa shape index (κ1) is 122. The van der Waals surface area contributed by atoms with Crippen molar-refractivity contribution >= 4 is 76.3 Å². The maximum Gasteiger partial charge on any atom is 0.379 e. The Bertz CT molecular complexity index is 7400. The average molecular weight is 3000 g/mol. The Kier molecular flexibility index (Phi) is 48.0. The summed E-state index contributed by atoms with van der Waals surface area (Å²) in [5.41, 5.74) is 19.0. The molecule has 6 heterocycles. The molecule has 0 aliphatic heterocycles. The second-order valence-electron chi connectivity index (χ2n) is 36.2. The minimum atomic E-state index is -2.83. The zero-order chi connectivity index (χ0) is 99.7. The predicted molar refractivity (Wildman–Crippen MR) is 559 cm³/mol. The zero-order valence-corrected chi connectivity index (χ0v) is 97.5. The molecule has 0 saturated heterocycles. The molecule has 19 aromatic rings. The Morgan fingerprint density at radius 3 is 1.10 bits per heavy atom. The van der Waals surface area contributed by atoms with Crippen LogP contribution < -0.4 is 9.47 Å². The fraction of sp³-hybridized carbons (Fsp3) is 0.171. The zero-order valence-electron chi connectivity index (χ0n) is 83.1. The van der Waals surface area contributed by atoms with Crippen molar-refractivity contribution in [1.29, 1.82) is 0 Å². The van der Waals surface area contributed by atoms with Gasteiger partial charge in [0.2, 0.25) is 0 Å². The summed E-state index contributed by atoms with van der Waals surface area (Å²) < 4.78 is 60.2. The van der Waals surface area contributed by atoms with Crippen LogP contribution in [0.4, 0.5) is 17.6 Å². The van der Waals surface area contributed by atoms with Crippen LogP contribution in [0.25, 0.3) is 143 Å². The number of allylic oxidation sites excluding steroid dienone is 4. The molecular weight excluding hydrogens is 2890 g/mol. The number of aliphatic hydroxyl groups excluding tert-OH is 2. The molecule has 0 atom stereocenters. The standard InChI is InChI=1S/C22H16N.C19H18N.C17H14NO.C16H10F2NO.2C16H11FN.C11H20O2.C6H10O2.6Ir/c1-16-15-20-9-5-6-10-21(20)23-22(16)19-13-11-18(12-14-19)17-7-3-2-4-8-17;1-19(2,3)16-10-8-15(9-11-16)18-17-7-5-4-6-14(17)12-13-20-18;1-12-3-4-13-9-10-18-17(16(13)11-12)14-5-7-15(19-2)8-6-14;17-16(18)20-13-7-5-12(6-8-13)15-14-4-2-1-3-11(14)9-10-19-15;2*1-11-10-13(6-7-15(11)17)16-14-5-3-2-4-12(14)8-9-18-16;1-10(2,3)8(12)7-9(13)11(4,5)6;1-4(5(2)7)6(3)8;;;;;;/h2-13,15H,1H3;4-8,10-13H,1-3H3;3-5,7-11H,1-2H3;1-5,7-10,16H;2*2-5,7-10H,1H3;7,12H,1-6H3;7H,1-3H3;;;;;;/q6*-1;;;;;;;;. The Labute approximate surface area is 929 Å². The number of ketones is 2. The van der Waals surface area contributed by atoms with E-state index in [1.54, 1.807) is 64.7 Å². The number of aliphatic hydroxyl groups is 2. The number of carbonyl (C=O) groups is 2. The number of pyridine rings is 6. The number of para-hydroxylation sites is 1. The number of halogens is 4. The van der Waals surface area contributed by atoms with Gasteiger partial charge in [-0.15, -0.1) is 172 Å². The molecule has 0 spiro atoms. The number of hydrogen-bond acceptors (Lipinski definition) is 12. The number of methoxy groups -OCH3 is 1. The molecule has 0 amide bonds. The van der Waals surface area contributed by atoms with Gasteiger partial charge in [-0.25, -0.2) is 0 Å². The number of carbonyl (C=O) groups excluding carboxylic acids is 2. The summed E-state index contributed by atoms with van der Waals surface area (Å²) in [4.78, 5) is 48.8. The molecule has 6 radical (unpaired) electrons. The van der Waals surface area contributed by atoms with Crippen molar-refractivity contribution in [3.8, 4) is 90.2 Å². The molecule has 756 valence electrons. The molecule has 6 aromatic heterocycles. The summed E-state index contributed by atoms with van der Waals surface area (Å²) in [6, 6.07) is 117. The van der Waals surface area contributed by atoms with Crippen molar-refractivity contribution in [2.75, 3.05) is 7.11 Å². The SMILES string of the molecule is CC(=O)C(C)=C(C)O.CC(C)(C)C(=O)C=C(O)C(C)(C)C.CC(C)(C)c1c[c-]c(-c2nccc3ccccc23)cc1.COc1c[c-]c(-c2nccc3ccc(C)cc23)cc1.Cc1cc(-c2nccc3ccccc23)[c-]cc1F.Cc1cc(-c2nccc3ccccc23)[c-]cc1F.Cc1cc2ccccc2nc1-c1[c-]cc(-c2ccccc2)cc1.FC(F)Oc1c[c-]c(-c2nccc3ccccc23)cc1.[Ir].[Ir].[Ir].[Ir].[Ir].[Ir]. The van der Waals surface area contributed by atoms with E-state index in [9.17, 15) is 32.3 Å². The topological polar surface area (TPSA) is 170 Å². The van der Waals surface area contributed by atoms with Crippen LogP contribution in [-0.2, 0) is 136 Å². The summed E-state index contributed by atoms with van der Waals surface area (Å²) in [5, 5.41) is 30.5. The second-order valence-corrected chi connectivity index (χ2v) is 36.2. The van der Waals surface area contributed by atoms with Crippen molar-refractivity contribution < 1.29 is 167 Å². The van der Waals surface area contributed by atoms with Crippen molar-refractivity contribution in [3.63, 3.8) is 0 Å². The van der Waals surface area contributed by atoms with E-state index in [1.807, 2.05) is 200 Å². The normalized spacial score (nSPS) is 10.9. The number of alkyl halides is 2. The molecule has 0 aliphatic rings. The Morgan fingerprint density at radius 1 is 0.359 bits per heavy atom. The third-order valence-corrected chi connectivity index (χ3v) is 22.7. The number of aromatic nitrogens is 6. The number of Topliss-reactive ketones (excluding diaryl/α,β-unsaturated/α-hetero) is 1. The number of nitrogens with zero attached hydrogens (tertiary/aromatic N) is 6. The largest absolute Gasteiger partial charge is 0.540 e. The molecule has 0 saturated carbocycles. The summed E-state index contributed by atoms with van der Waals surface area (Å²) in [5.74, 6) is 0.553. The monoisotopic (exact) mass is 3000 g/mol. The second kappa shape index (κ2) is 57.2. The first-order valence-corrected chi connectivity index (χ1v) is 45.4. The minimum absolute atomic E-state index is 0. The smallest absolute Gasteiger partial charge is 0.379 e. The summed E-state index contributed by atoms with van der Waals surface area (Å²) >= 11 is 0. The van der Waals surface area contributed by atoms with Gasteiger partial charge in [0, 0.05) is 197 Å². The molecule has 0 aliphatic carbocycles. The number of fused-ring (bicyclic) bond motifs is 6. The van der Waals surface area contributed by atoms with E-state index < -0.39 is 12.0 Å². The molecule has 12 nitrogen and oxygen atoms in total. The van der Waals surface area contributed by atoms with Crippen LogP contribution in [0.3, 0.4) is 0 Å². The van der Waals surface area contributed by atoms with E-state index in [4.69, 9.17) is 14.8 Å². The number of ether oxygens (including phenoxy) is 2. The molecule has 2 N–H and O–H groups in total. The molecule has 13 aromatic carbocycles. The Hall–Kier alpha value is -12.0. The molecular formula is C123H110F4Ir6N6O6-6. The predicted octanol–water partition coefficient (Wildman–Crippen LogP) is 31.8. The van der Waals surface area contributed by atoms with E-state index in [0.29, 0.717) is 16.7 Å². The summed E-state index contributed by atoms with van der Waals surface area (Å²) in [6.45, 7) is 27.1. The number of benzene rings is 13. The van der Waals surface area contributed by atoms with Gasteiger partial charge in [-0.2, -0.15) is 8.78 Å². The molecule has 19 rings (SSSR count). The minimum Gasteiger partial charge on any atom is -0.540 e. The molecule has 145 heavy (non-hydrogen) atoms. The first-order valence-electron chi connectivity index (χ1n) is 45.4. The van der Waals surface area contributed by atoms with Gasteiger partial charge in [0.25, 0.3) is 0 Å². The summed E-state index contributed by atoms with van der Waals surface area (Å²) in [7, 11) is 1.66. The maximum absolute atomic E-state index is 13.3. The van der Waals surface area contributed by atoms with Crippen LogP contribution in [0.2, 0.25) is 0 Å². The number of aryl methyl sites for hydroxylation is 4. The maximum atomic E-state index is 13.3. The van der Waals surface area contributed by atoms with Crippen molar-refractivity contribution in [3.05, 3.63) is 433 Å². The molecule has 0 bridgehead atoms. The molecule has 0 fully saturated rings. The van der Waals surface area contributed by atoms with E-state index in [2.05, 4.69) is 216 Å². The van der Waals surface area contributed by atoms with Crippen LogP contribution in [0, 0.1) is 86.6 Å². The van der Waals surface area contributed by atoms with E-state index >= 15 is 0 Å². The average Bonchev–Trinajstić information content (AvgIpc) is 0.812. The van der Waals surface area contributed by atoms with Gasteiger partial charge in [-0.3, -0.25) is 23.4 Å². The Balaban J connectivity index is 0.000000255. The third kappa shape index (κ3) is 34.0. The van der Waals surface area contributed by atoms with Crippen LogP contribution in [0.5, 0.6) is 11.5 Å². The van der Waals surface area contributed by atoms with Gasteiger partial charge in [0.1, 0.15) is 5.76 Å². The van der Waals surface area contributed by atoms with Gasteiger partial charge < -0.3 is 44.6 Å². The fourth-order valence-electron chi connectivity index (χ4n) is 14.4. The van der Waals surface area contributed by atoms with Gasteiger partial charge >= 0.3 is 6.61 Å². The third-order valence-electron chi connectivity index (χ3n) is 22.7. The van der Waals surface area contributed by atoms with Crippen LogP contribution in [0.15, 0.2) is 357 Å². The van der Waals surface area contributed by atoms with Crippen molar-refractivity contribution in [2.45, 2.75) is 123 Å². The summed E-state index contributed by atoms with van der Waals surface area (Å²) in [6.07, 6.45) is 10.3. The Morgan fingerprint density at radius 2 is 0.731 bits per heavy atom. The molecule has 0 unspecified atom stereocenters. The van der Waals surface area contributed by atoms with Crippen LogP contribution in [0.1, 0.15) is 111 Å². The first-order chi connectivity index (χ1) is 66.5. The van der Waals surface area contributed by atoms with Gasteiger partial charge in [0.05, 0.1) is 18.4 Å².